The highest BCUT2D eigenvalue weighted by molar-refractivity contribution is 14.1. The van der Waals surface area contributed by atoms with Crippen LogP contribution in [0.3, 0.4) is 0 Å². The molecule has 4 rings (SSSR count). The average Bonchev–Trinajstić information content (AvgIpc) is 3.27. The van der Waals surface area contributed by atoms with Crippen LogP contribution in [0.4, 0.5) is 0 Å². The predicted octanol–water partition coefficient (Wildman–Crippen LogP) is 3.34. The Morgan fingerprint density at radius 3 is 2.75 bits per heavy atom. The van der Waals surface area contributed by atoms with Gasteiger partial charge < -0.3 is 18.8 Å². The number of fused-ring (bicyclic) bond motifs is 2. The molecule has 3 aromatic rings. The van der Waals surface area contributed by atoms with Gasteiger partial charge in [-0.2, -0.15) is 4.99 Å². The molecule has 0 saturated heterocycles. The Hall–Kier alpha value is -2.40. The van der Waals surface area contributed by atoms with Gasteiger partial charge in [0, 0.05) is 22.2 Å². The summed E-state index contributed by atoms with van der Waals surface area (Å²) in [5, 5.41) is 0. The second-order valence-corrected chi connectivity index (χ2v) is 8.10. The van der Waals surface area contributed by atoms with E-state index < -0.39 is 0 Å². The number of thiazole rings is 1. The fourth-order valence-electron chi connectivity index (χ4n) is 2.85. The van der Waals surface area contributed by atoms with Crippen LogP contribution in [-0.4, -0.2) is 30.3 Å². The van der Waals surface area contributed by atoms with Gasteiger partial charge in [-0.25, -0.2) is 0 Å². The van der Waals surface area contributed by atoms with Gasteiger partial charge >= 0.3 is 5.97 Å². The normalized spacial score (nSPS) is 13.1. The molecule has 7 nitrogen and oxygen atoms in total. The number of ether oxygens (including phenoxy) is 3. The molecule has 0 fully saturated rings. The van der Waals surface area contributed by atoms with Crippen molar-refractivity contribution in [3.05, 3.63) is 50.3 Å². The second kappa shape index (κ2) is 7.92. The van der Waals surface area contributed by atoms with Crippen molar-refractivity contribution in [3.8, 4) is 11.5 Å². The van der Waals surface area contributed by atoms with Gasteiger partial charge in [-0.1, -0.05) is 23.5 Å². The molecule has 0 spiro atoms. The van der Waals surface area contributed by atoms with Crippen molar-refractivity contribution in [2.45, 2.75) is 13.0 Å². The van der Waals surface area contributed by atoms with Crippen LogP contribution in [0, 0.1) is 3.57 Å². The lowest BCUT2D eigenvalue weighted by Crippen LogP contribution is -2.19. The summed E-state index contributed by atoms with van der Waals surface area (Å²) in [7, 11) is 1.35. The molecule has 1 aliphatic rings. The van der Waals surface area contributed by atoms with Gasteiger partial charge in [-0.15, -0.1) is 0 Å². The van der Waals surface area contributed by atoms with Crippen molar-refractivity contribution < 1.29 is 23.8 Å². The maximum atomic E-state index is 12.7. The highest BCUT2D eigenvalue weighted by atomic mass is 127. The van der Waals surface area contributed by atoms with Gasteiger partial charge in [-0.3, -0.25) is 9.59 Å². The molecule has 0 bridgehead atoms. The number of benzene rings is 2. The number of rotatable bonds is 4. The Bertz CT molecular complexity index is 1150. The first kappa shape index (κ1) is 18.9. The second-order valence-electron chi connectivity index (χ2n) is 5.93. The first-order valence-corrected chi connectivity index (χ1v) is 10.3. The summed E-state index contributed by atoms with van der Waals surface area (Å²) in [6.07, 6.45) is 0.168. The fraction of sp³-hybridized carbons (Fsp3) is 0.211. The lowest BCUT2D eigenvalue weighted by Gasteiger charge is -2.05. The van der Waals surface area contributed by atoms with Crippen molar-refractivity contribution in [2.24, 2.45) is 4.99 Å². The zero-order valence-electron chi connectivity index (χ0n) is 14.8. The van der Waals surface area contributed by atoms with Crippen LogP contribution in [-0.2, 0) is 16.1 Å². The number of hydrogen-bond acceptors (Lipinski definition) is 6. The Balaban J connectivity index is 1.83. The molecular weight excluding hydrogens is 495 g/mol. The number of carbonyl (C=O) groups excluding carboxylic acids is 2. The predicted molar refractivity (Wildman–Crippen MR) is 112 cm³/mol. The van der Waals surface area contributed by atoms with Crippen LogP contribution in [0.1, 0.15) is 16.8 Å². The molecule has 1 aliphatic heterocycles. The highest BCUT2D eigenvalue weighted by Crippen LogP contribution is 2.37. The molecule has 28 heavy (non-hydrogen) atoms. The molecule has 0 saturated carbocycles. The first-order valence-electron chi connectivity index (χ1n) is 8.40. The Morgan fingerprint density at radius 2 is 2.00 bits per heavy atom. The van der Waals surface area contributed by atoms with Crippen LogP contribution in [0.5, 0.6) is 11.5 Å². The topological polar surface area (TPSA) is 79.1 Å². The quantitative estimate of drug-likeness (QED) is 0.398. The maximum Gasteiger partial charge on any atom is 0.307 e. The number of esters is 1. The Labute approximate surface area is 177 Å². The number of aryl methyl sites for hydroxylation is 1. The van der Waals surface area contributed by atoms with Crippen molar-refractivity contribution in [1.82, 2.24) is 4.57 Å². The summed E-state index contributed by atoms with van der Waals surface area (Å²) < 4.78 is 19.2. The summed E-state index contributed by atoms with van der Waals surface area (Å²) in [4.78, 5) is 29.2. The summed E-state index contributed by atoms with van der Waals surface area (Å²) in [5.74, 6) is 0.628. The van der Waals surface area contributed by atoms with Gasteiger partial charge in [-0.05, 0) is 34.7 Å². The van der Waals surface area contributed by atoms with Crippen LogP contribution in [0.2, 0.25) is 0 Å². The number of carbonyl (C=O) groups is 2. The van der Waals surface area contributed by atoms with E-state index in [0.717, 1.165) is 13.8 Å². The van der Waals surface area contributed by atoms with E-state index in [1.165, 1.54) is 18.4 Å². The van der Waals surface area contributed by atoms with Crippen LogP contribution in [0.15, 0.2) is 41.4 Å². The lowest BCUT2D eigenvalue weighted by molar-refractivity contribution is -0.140. The third kappa shape index (κ3) is 3.63. The van der Waals surface area contributed by atoms with Crippen molar-refractivity contribution in [2.75, 3.05) is 13.9 Å². The van der Waals surface area contributed by atoms with Crippen molar-refractivity contribution in [1.29, 1.82) is 0 Å². The molecule has 2 aromatic carbocycles. The molecule has 0 N–H and O–H groups in total. The zero-order valence-corrected chi connectivity index (χ0v) is 17.8. The maximum absolute atomic E-state index is 12.7. The van der Waals surface area contributed by atoms with E-state index in [1.54, 1.807) is 12.1 Å². The molecule has 0 atom stereocenters. The minimum atomic E-state index is -0.331. The molecule has 1 aromatic heterocycles. The molecule has 9 heteroatoms. The average molecular weight is 510 g/mol. The Kier molecular flexibility index (Phi) is 5.36. The minimum Gasteiger partial charge on any atom is -0.469 e. The molecule has 144 valence electrons. The van der Waals surface area contributed by atoms with E-state index in [1.807, 2.05) is 28.8 Å². The summed E-state index contributed by atoms with van der Waals surface area (Å²) in [5.41, 5.74) is 1.36. The SMILES string of the molecule is COC(=O)CCn1c(=NC(=O)c2ccccc2I)sc2cc3c(cc21)OCO3. The van der Waals surface area contributed by atoms with E-state index in [4.69, 9.17) is 14.2 Å². The third-order valence-electron chi connectivity index (χ3n) is 4.25. The van der Waals surface area contributed by atoms with E-state index in [9.17, 15) is 9.59 Å². The van der Waals surface area contributed by atoms with Crippen LogP contribution in [0.25, 0.3) is 10.2 Å². The molecule has 2 heterocycles. The van der Waals surface area contributed by atoms with Gasteiger partial charge in [0.05, 0.1) is 29.3 Å². The van der Waals surface area contributed by atoms with E-state index in [-0.39, 0.29) is 25.1 Å². The summed E-state index contributed by atoms with van der Waals surface area (Å²) >= 11 is 3.48. The molecule has 0 unspecified atom stereocenters. The first-order chi connectivity index (χ1) is 13.6. The van der Waals surface area contributed by atoms with E-state index in [2.05, 4.69) is 27.6 Å². The zero-order chi connectivity index (χ0) is 19.7. The third-order valence-corrected chi connectivity index (χ3v) is 6.23. The van der Waals surface area contributed by atoms with Gasteiger partial charge in [0.15, 0.2) is 16.3 Å². The number of amides is 1. The highest BCUT2D eigenvalue weighted by Gasteiger charge is 2.19. The van der Waals surface area contributed by atoms with E-state index in [0.29, 0.717) is 28.4 Å². The van der Waals surface area contributed by atoms with Gasteiger partial charge in [0.2, 0.25) is 6.79 Å². The van der Waals surface area contributed by atoms with Crippen LogP contribution >= 0.6 is 33.9 Å². The number of methoxy groups -OCH3 is 1. The van der Waals surface area contributed by atoms with Crippen LogP contribution < -0.4 is 14.3 Å². The van der Waals surface area contributed by atoms with Crippen molar-refractivity contribution >= 4 is 56.0 Å². The fourth-order valence-corrected chi connectivity index (χ4v) is 4.53. The molecule has 1 amide bonds. The molecular formula is C19H15IN2O5S. The van der Waals surface area contributed by atoms with Crippen molar-refractivity contribution in [3.63, 3.8) is 0 Å². The standard InChI is InChI=1S/C19H15IN2O5S/c1-25-17(23)6-7-22-13-8-14-15(27-10-26-14)9-16(13)28-19(22)21-18(24)11-4-2-3-5-12(11)20/h2-5,8-9H,6-7,10H2,1H3. The Morgan fingerprint density at radius 1 is 1.25 bits per heavy atom. The summed E-state index contributed by atoms with van der Waals surface area (Å²) in [6, 6.07) is 11.0. The molecule has 0 aliphatic carbocycles. The summed E-state index contributed by atoms with van der Waals surface area (Å²) in [6.45, 7) is 0.515. The number of nitrogens with zero attached hydrogens (tertiary/aromatic N) is 2. The number of hydrogen-bond donors (Lipinski definition) is 0. The van der Waals surface area contributed by atoms with Gasteiger partial charge in [0.1, 0.15) is 0 Å². The smallest absolute Gasteiger partial charge is 0.307 e. The monoisotopic (exact) mass is 510 g/mol. The van der Waals surface area contributed by atoms with Gasteiger partial charge in [0.25, 0.3) is 5.91 Å². The molecule has 0 radical (unpaired) electrons. The lowest BCUT2D eigenvalue weighted by atomic mass is 10.2. The minimum absolute atomic E-state index is 0.168. The largest absolute Gasteiger partial charge is 0.469 e. The number of halogens is 1. The van der Waals surface area contributed by atoms with E-state index >= 15 is 0 Å². The number of aromatic nitrogens is 1.